The maximum atomic E-state index is 12.1. The number of nitrogens with one attached hydrogen (secondary N) is 2. The largest absolute Gasteiger partial charge is 0.341 e. The second kappa shape index (κ2) is 7.72. The molecule has 1 aromatic carbocycles. The van der Waals surface area contributed by atoms with E-state index < -0.39 is 0 Å². The molecule has 0 saturated carbocycles. The third-order valence-electron chi connectivity index (χ3n) is 4.53. The number of anilines is 2. The summed E-state index contributed by atoms with van der Waals surface area (Å²) in [6, 6.07) is 9.53. The van der Waals surface area contributed by atoms with E-state index in [4.69, 9.17) is 0 Å². The third-order valence-corrected chi connectivity index (χ3v) is 4.53. The molecular weight excluding hydrogens is 326 g/mol. The van der Waals surface area contributed by atoms with Crippen LogP contribution in [0.1, 0.15) is 44.9 Å². The maximum absolute atomic E-state index is 12.1. The lowest BCUT2D eigenvalue weighted by atomic mass is 9.87. The minimum absolute atomic E-state index is 0.0981. The molecule has 1 aromatic heterocycles. The van der Waals surface area contributed by atoms with Gasteiger partial charge in [-0.3, -0.25) is 0 Å². The molecule has 0 unspecified atom stereocenters. The Hall–Kier alpha value is -2.63. The quantitative estimate of drug-likeness (QED) is 0.879. The SMILES string of the molecule is CC(C)(C)c1ccc(NC(=O)NCc2ccnc(N3CCCC3)n2)cc1. The third kappa shape index (κ3) is 4.71. The van der Waals surface area contributed by atoms with E-state index in [-0.39, 0.29) is 11.4 Å². The summed E-state index contributed by atoms with van der Waals surface area (Å²) in [4.78, 5) is 23.2. The van der Waals surface area contributed by atoms with E-state index >= 15 is 0 Å². The smallest absolute Gasteiger partial charge is 0.319 e. The molecule has 2 heterocycles. The van der Waals surface area contributed by atoms with Gasteiger partial charge in [0.2, 0.25) is 5.95 Å². The monoisotopic (exact) mass is 353 g/mol. The summed E-state index contributed by atoms with van der Waals surface area (Å²) in [7, 11) is 0. The highest BCUT2D eigenvalue weighted by Gasteiger charge is 2.15. The van der Waals surface area contributed by atoms with Crippen molar-refractivity contribution in [1.29, 1.82) is 0 Å². The van der Waals surface area contributed by atoms with E-state index in [9.17, 15) is 4.79 Å². The number of aromatic nitrogens is 2. The number of hydrogen-bond donors (Lipinski definition) is 2. The molecule has 1 aliphatic heterocycles. The second-order valence-corrected chi connectivity index (χ2v) is 7.68. The topological polar surface area (TPSA) is 70.2 Å². The van der Waals surface area contributed by atoms with Gasteiger partial charge in [-0.15, -0.1) is 0 Å². The molecule has 2 amide bonds. The van der Waals surface area contributed by atoms with Gasteiger partial charge in [-0.25, -0.2) is 14.8 Å². The van der Waals surface area contributed by atoms with Gasteiger partial charge < -0.3 is 15.5 Å². The van der Waals surface area contributed by atoms with Gasteiger partial charge in [-0.05, 0) is 42.0 Å². The lowest BCUT2D eigenvalue weighted by Gasteiger charge is -2.19. The van der Waals surface area contributed by atoms with Gasteiger partial charge in [0, 0.05) is 25.0 Å². The Labute approximate surface area is 155 Å². The molecule has 0 aliphatic carbocycles. The zero-order chi connectivity index (χ0) is 18.6. The molecule has 138 valence electrons. The van der Waals surface area contributed by atoms with Crippen molar-refractivity contribution in [1.82, 2.24) is 15.3 Å². The van der Waals surface area contributed by atoms with Crippen LogP contribution in [-0.4, -0.2) is 29.1 Å². The molecule has 6 nitrogen and oxygen atoms in total. The summed E-state index contributed by atoms with van der Waals surface area (Å²) in [5.41, 5.74) is 2.91. The highest BCUT2D eigenvalue weighted by Crippen LogP contribution is 2.23. The van der Waals surface area contributed by atoms with E-state index in [0.717, 1.165) is 30.4 Å². The molecule has 1 aliphatic rings. The van der Waals surface area contributed by atoms with Gasteiger partial charge in [-0.1, -0.05) is 32.9 Å². The second-order valence-electron chi connectivity index (χ2n) is 7.68. The first kappa shape index (κ1) is 18.2. The number of benzene rings is 1. The van der Waals surface area contributed by atoms with Crippen LogP contribution in [0.4, 0.5) is 16.4 Å². The molecule has 2 aromatic rings. The predicted molar refractivity (Wildman–Crippen MR) is 104 cm³/mol. The van der Waals surface area contributed by atoms with E-state index in [1.54, 1.807) is 6.20 Å². The molecular formula is C20H27N5O. The van der Waals surface area contributed by atoms with Gasteiger partial charge in [0.1, 0.15) is 0 Å². The van der Waals surface area contributed by atoms with Crippen LogP contribution >= 0.6 is 0 Å². The van der Waals surface area contributed by atoms with Crippen molar-refractivity contribution >= 4 is 17.7 Å². The van der Waals surface area contributed by atoms with E-state index in [2.05, 4.69) is 46.3 Å². The number of amides is 2. The molecule has 1 fully saturated rings. The van der Waals surface area contributed by atoms with Gasteiger partial charge in [0.15, 0.2) is 0 Å². The van der Waals surface area contributed by atoms with Crippen molar-refractivity contribution in [2.75, 3.05) is 23.3 Å². The first-order valence-electron chi connectivity index (χ1n) is 9.14. The molecule has 26 heavy (non-hydrogen) atoms. The summed E-state index contributed by atoms with van der Waals surface area (Å²) in [5.74, 6) is 0.750. The summed E-state index contributed by atoms with van der Waals surface area (Å²) in [5, 5.41) is 5.71. The van der Waals surface area contributed by atoms with E-state index in [0.29, 0.717) is 6.54 Å². The predicted octanol–water partition coefficient (Wildman–Crippen LogP) is 3.70. The highest BCUT2D eigenvalue weighted by molar-refractivity contribution is 5.89. The van der Waals surface area contributed by atoms with Gasteiger partial charge in [-0.2, -0.15) is 0 Å². The molecule has 1 saturated heterocycles. The average Bonchev–Trinajstić information content (AvgIpc) is 3.15. The molecule has 0 atom stereocenters. The fourth-order valence-corrected chi connectivity index (χ4v) is 2.95. The van der Waals surface area contributed by atoms with Crippen molar-refractivity contribution < 1.29 is 4.79 Å². The number of urea groups is 1. The van der Waals surface area contributed by atoms with Gasteiger partial charge in [0.25, 0.3) is 0 Å². The van der Waals surface area contributed by atoms with Crippen LogP contribution in [0.25, 0.3) is 0 Å². The Bertz CT molecular complexity index is 746. The first-order chi connectivity index (χ1) is 12.4. The number of hydrogen-bond acceptors (Lipinski definition) is 4. The molecule has 0 bridgehead atoms. The fourth-order valence-electron chi connectivity index (χ4n) is 2.95. The standard InChI is InChI=1S/C20H27N5O/c1-20(2,3)15-6-8-16(9-7-15)24-19(26)22-14-17-10-11-21-18(23-17)25-12-4-5-13-25/h6-11H,4-5,12-14H2,1-3H3,(H2,22,24,26). The van der Waals surface area contributed by atoms with Crippen LogP contribution in [0, 0.1) is 0 Å². The van der Waals surface area contributed by atoms with Crippen molar-refractivity contribution in [2.45, 2.75) is 45.6 Å². The summed E-state index contributed by atoms with van der Waals surface area (Å²) < 4.78 is 0. The van der Waals surface area contributed by atoms with Crippen LogP contribution in [0.15, 0.2) is 36.5 Å². The van der Waals surface area contributed by atoms with Crippen molar-refractivity contribution in [3.05, 3.63) is 47.8 Å². The summed E-state index contributed by atoms with van der Waals surface area (Å²) >= 11 is 0. The Balaban J connectivity index is 1.53. The maximum Gasteiger partial charge on any atom is 0.319 e. The summed E-state index contributed by atoms with van der Waals surface area (Å²) in [6.07, 6.45) is 4.12. The lowest BCUT2D eigenvalue weighted by Crippen LogP contribution is -2.29. The highest BCUT2D eigenvalue weighted by atomic mass is 16.2. The zero-order valence-electron chi connectivity index (χ0n) is 15.7. The summed E-state index contributed by atoms with van der Waals surface area (Å²) in [6.45, 7) is 8.87. The van der Waals surface area contributed by atoms with Crippen molar-refractivity contribution in [3.63, 3.8) is 0 Å². The Morgan fingerprint density at radius 2 is 1.81 bits per heavy atom. The number of carbonyl (C=O) groups excluding carboxylic acids is 1. The Morgan fingerprint density at radius 1 is 1.12 bits per heavy atom. The Morgan fingerprint density at radius 3 is 2.46 bits per heavy atom. The van der Waals surface area contributed by atoms with Crippen LogP contribution in [-0.2, 0) is 12.0 Å². The van der Waals surface area contributed by atoms with Crippen LogP contribution in [0.3, 0.4) is 0 Å². The minimum atomic E-state index is -0.241. The first-order valence-corrected chi connectivity index (χ1v) is 9.14. The van der Waals surface area contributed by atoms with Crippen molar-refractivity contribution in [3.8, 4) is 0 Å². The van der Waals surface area contributed by atoms with E-state index in [1.807, 2.05) is 30.3 Å². The lowest BCUT2D eigenvalue weighted by molar-refractivity contribution is 0.251. The molecule has 0 radical (unpaired) electrons. The van der Waals surface area contributed by atoms with Crippen LogP contribution in [0.5, 0.6) is 0 Å². The zero-order valence-corrected chi connectivity index (χ0v) is 15.7. The molecule has 2 N–H and O–H groups in total. The minimum Gasteiger partial charge on any atom is -0.341 e. The average molecular weight is 353 g/mol. The molecule has 3 rings (SSSR count). The Kier molecular flexibility index (Phi) is 5.40. The number of carbonyl (C=O) groups is 1. The number of rotatable bonds is 4. The number of nitrogens with zero attached hydrogens (tertiary/aromatic N) is 3. The van der Waals surface area contributed by atoms with Gasteiger partial charge in [0.05, 0.1) is 12.2 Å². The molecule has 0 spiro atoms. The van der Waals surface area contributed by atoms with Crippen LogP contribution < -0.4 is 15.5 Å². The van der Waals surface area contributed by atoms with Gasteiger partial charge >= 0.3 is 6.03 Å². The normalized spacial score (nSPS) is 14.3. The molecule has 6 heteroatoms. The van der Waals surface area contributed by atoms with E-state index in [1.165, 1.54) is 18.4 Å². The van der Waals surface area contributed by atoms with Crippen LogP contribution in [0.2, 0.25) is 0 Å². The van der Waals surface area contributed by atoms with Crippen molar-refractivity contribution in [2.24, 2.45) is 0 Å². The fraction of sp³-hybridized carbons (Fsp3) is 0.450.